The van der Waals surface area contributed by atoms with E-state index in [9.17, 15) is 0 Å². The molecule has 0 aromatic carbocycles. The van der Waals surface area contributed by atoms with E-state index in [1.165, 1.54) is 25.0 Å². The van der Waals surface area contributed by atoms with Gasteiger partial charge in [0.25, 0.3) is 0 Å². The maximum atomic E-state index is 5.77. The topological polar surface area (TPSA) is 25.2 Å². The Kier molecular flexibility index (Phi) is 5.99. The molecule has 0 spiro atoms. The van der Waals surface area contributed by atoms with Crippen LogP contribution in [0.15, 0.2) is 16.5 Å². The maximum Gasteiger partial charge on any atom is 0.118 e. The SMILES string of the molecule is CCSC1CCC(NCc2ccc(CSC)o2)C1. The van der Waals surface area contributed by atoms with Gasteiger partial charge in [-0.05, 0) is 43.4 Å². The lowest BCUT2D eigenvalue weighted by molar-refractivity contribution is 0.432. The summed E-state index contributed by atoms with van der Waals surface area (Å²) in [5, 5.41) is 4.50. The Balaban J connectivity index is 1.71. The molecule has 1 saturated carbocycles. The molecule has 2 unspecified atom stereocenters. The van der Waals surface area contributed by atoms with Gasteiger partial charge in [0, 0.05) is 11.3 Å². The molecule has 102 valence electrons. The number of furan rings is 1. The van der Waals surface area contributed by atoms with Crippen molar-refractivity contribution in [2.75, 3.05) is 12.0 Å². The fraction of sp³-hybridized carbons (Fsp3) is 0.714. The lowest BCUT2D eigenvalue weighted by Gasteiger charge is -2.11. The van der Waals surface area contributed by atoms with Gasteiger partial charge in [0.05, 0.1) is 12.3 Å². The van der Waals surface area contributed by atoms with Crippen molar-refractivity contribution >= 4 is 23.5 Å². The van der Waals surface area contributed by atoms with E-state index in [0.29, 0.717) is 6.04 Å². The number of hydrogen-bond donors (Lipinski definition) is 1. The van der Waals surface area contributed by atoms with Crippen LogP contribution in [0.3, 0.4) is 0 Å². The van der Waals surface area contributed by atoms with Crippen LogP contribution >= 0.6 is 23.5 Å². The smallest absolute Gasteiger partial charge is 0.118 e. The number of nitrogens with one attached hydrogen (secondary N) is 1. The Morgan fingerprint density at radius 2 is 2.17 bits per heavy atom. The summed E-state index contributed by atoms with van der Waals surface area (Å²) < 4.78 is 5.77. The first-order valence-electron chi connectivity index (χ1n) is 6.73. The summed E-state index contributed by atoms with van der Waals surface area (Å²) in [7, 11) is 0. The highest BCUT2D eigenvalue weighted by atomic mass is 32.2. The zero-order valence-electron chi connectivity index (χ0n) is 11.3. The maximum absolute atomic E-state index is 5.77. The lowest BCUT2D eigenvalue weighted by Crippen LogP contribution is -2.25. The second-order valence-electron chi connectivity index (χ2n) is 4.77. The Hall–Kier alpha value is -0.0600. The van der Waals surface area contributed by atoms with Crippen LogP contribution in [0.1, 0.15) is 37.7 Å². The fourth-order valence-electron chi connectivity index (χ4n) is 2.49. The van der Waals surface area contributed by atoms with Crippen molar-refractivity contribution in [1.29, 1.82) is 0 Å². The van der Waals surface area contributed by atoms with E-state index in [1.807, 2.05) is 0 Å². The average Bonchev–Trinajstić information content (AvgIpc) is 2.97. The van der Waals surface area contributed by atoms with Crippen molar-refractivity contribution in [3.8, 4) is 0 Å². The van der Waals surface area contributed by atoms with Crippen LogP contribution in [-0.4, -0.2) is 23.3 Å². The molecule has 18 heavy (non-hydrogen) atoms. The minimum Gasteiger partial charge on any atom is -0.464 e. The van der Waals surface area contributed by atoms with Gasteiger partial charge in [0.2, 0.25) is 0 Å². The molecule has 1 aliphatic carbocycles. The molecule has 0 radical (unpaired) electrons. The zero-order valence-corrected chi connectivity index (χ0v) is 12.9. The zero-order chi connectivity index (χ0) is 12.8. The standard InChI is InChI=1S/C14H23NOS2/c1-3-18-14-7-4-11(8-14)15-9-12-5-6-13(16-12)10-17-2/h5-6,11,14-15H,3-4,7-10H2,1-2H3. The van der Waals surface area contributed by atoms with E-state index in [0.717, 1.165) is 29.1 Å². The highest BCUT2D eigenvalue weighted by Gasteiger charge is 2.24. The minimum absolute atomic E-state index is 0.683. The molecule has 2 nitrogen and oxygen atoms in total. The second-order valence-corrected chi connectivity index (χ2v) is 7.21. The van der Waals surface area contributed by atoms with Crippen LogP contribution in [0.25, 0.3) is 0 Å². The van der Waals surface area contributed by atoms with Gasteiger partial charge in [0.1, 0.15) is 11.5 Å². The number of thioether (sulfide) groups is 2. The predicted molar refractivity (Wildman–Crippen MR) is 82.3 cm³/mol. The van der Waals surface area contributed by atoms with E-state index in [1.54, 1.807) is 11.8 Å². The highest BCUT2D eigenvalue weighted by molar-refractivity contribution is 7.99. The minimum atomic E-state index is 0.683. The molecule has 1 aromatic heterocycles. The summed E-state index contributed by atoms with van der Waals surface area (Å²) in [5.41, 5.74) is 0. The molecule has 0 amide bonds. The number of hydrogen-bond acceptors (Lipinski definition) is 4. The van der Waals surface area contributed by atoms with Crippen LogP contribution in [-0.2, 0) is 12.3 Å². The molecule has 4 heteroatoms. The third-order valence-corrected chi connectivity index (χ3v) is 5.16. The van der Waals surface area contributed by atoms with Crippen LogP contribution in [0.2, 0.25) is 0 Å². The van der Waals surface area contributed by atoms with Gasteiger partial charge < -0.3 is 9.73 Å². The van der Waals surface area contributed by atoms with E-state index in [2.05, 4.69) is 42.4 Å². The van der Waals surface area contributed by atoms with Crippen molar-refractivity contribution in [2.24, 2.45) is 0 Å². The summed E-state index contributed by atoms with van der Waals surface area (Å²) in [5.74, 6) is 4.38. The summed E-state index contributed by atoms with van der Waals surface area (Å²) in [6.07, 6.45) is 6.10. The van der Waals surface area contributed by atoms with Gasteiger partial charge in [-0.2, -0.15) is 23.5 Å². The van der Waals surface area contributed by atoms with E-state index in [4.69, 9.17) is 4.42 Å². The largest absolute Gasteiger partial charge is 0.464 e. The third kappa shape index (κ3) is 4.25. The summed E-state index contributed by atoms with van der Waals surface area (Å²) >= 11 is 3.91. The van der Waals surface area contributed by atoms with E-state index in [-0.39, 0.29) is 0 Å². The van der Waals surface area contributed by atoms with E-state index < -0.39 is 0 Å². The Bertz CT molecular complexity index is 353. The molecule has 1 aliphatic rings. The van der Waals surface area contributed by atoms with Crippen LogP contribution < -0.4 is 5.32 Å². The lowest BCUT2D eigenvalue weighted by atomic mass is 10.2. The van der Waals surface area contributed by atoms with Gasteiger partial charge in [0.15, 0.2) is 0 Å². The molecule has 1 N–H and O–H groups in total. The van der Waals surface area contributed by atoms with Crippen LogP contribution in [0.5, 0.6) is 0 Å². The molecule has 1 fully saturated rings. The van der Waals surface area contributed by atoms with Crippen molar-refractivity contribution in [3.05, 3.63) is 23.7 Å². The molecule has 2 rings (SSSR count). The van der Waals surface area contributed by atoms with Gasteiger partial charge >= 0.3 is 0 Å². The fourth-order valence-corrected chi connectivity index (χ4v) is 4.08. The molecular weight excluding hydrogens is 262 g/mol. The van der Waals surface area contributed by atoms with Crippen molar-refractivity contribution < 1.29 is 4.42 Å². The molecule has 1 aromatic rings. The van der Waals surface area contributed by atoms with Gasteiger partial charge in [-0.25, -0.2) is 0 Å². The average molecular weight is 285 g/mol. The van der Waals surface area contributed by atoms with Crippen molar-refractivity contribution in [3.63, 3.8) is 0 Å². The summed E-state index contributed by atoms with van der Waals surface area (Å²) in [6, 6.07) is 4.88. The number of rotatable bonds is 7. The predicted octanol–water partition coefficient (Wildman–Crippen LogP) is 3.91. The summed E-state index contributed by atoms with van der Waals surface area (Å²) in [6.45, 7) is 3.13. The van der Waals surface area contributed by atoms with Gasteiger partial charge in [-0.15, -0.1) is 0 Å². The summed E-state index contributed by atoms with van der Waals surface area (Å²) in [4.78, 5) is 0. The van der Waals surface area contributed by atoms with Gasteiger partial charge in [-0.1, -0.05) is 6.92 Å². The third-order valence-electron chi connectivity index (χ3n) is 3.36. The first-order valence-corrected chi connectivity index (χ1v) is 9.17. The molecule has 0 aliphatic heterocycles. The van der Waals surface area contributed by atoms with Crippen LogP contribution in [0, 0.1) is 0 Å². The first kappa shape index (κ1) is 14.4. The van der Waals surface area contributed by atoms with Gasteiger partial charge in [-0.3, -0.25) is 0 Å². The normalized spacial score (nSPS) is 23.7. The molecule has 2 atom stereocenters. The van der Waals surface area contributed by atoms with E-state index >= 15 is 0 Å². The van der Waals surface area contributed by atoms with Crippen molar-refractivity contribution in [1.82, 2.24) is 5.32 Å². The Morgan fingerprint density at radius 3 is 2.94 bits per heavy atom. The first-order chi connectivity index (χ1) is 8.81. The molecule has 1 heterocycles. The Morgan fingerprint density at radius 1 is 1.33 bits per heavy atom. The monoisotopic (exact) mass is 285 g/mol. The quantitative estimate of drug-likeness (QED) is 0.821. The molecular formula is C14H23NOS2. The Labute approximate surface area is 119 Å². The van der Waals surface area contributed by atoms with Crippen molar-refractivity contribution in [2.45, 2.75) is 49.8 Å². The molecule has 0 bridgehead atoms. The van der Waals surface area contributed by atoms with Crippen LogP contribution in [0.4, 0.5) is 0 Å². The highest BCUT2D eigenvalue weighted by Crippen LogP contribution is 2.29. The second kappa shape index (κ2) is 7.51. The molecule has 0 saturated heterocycles.